The highest BCUT2D eigenvalue weighted by molar-refractivity contribution is 7.11. The Hall–Kier alpha value is -1.55. The minimum atomic E-state index is 0.640. The Kier molecular flexibility index (Phi) is 3.34. The highest BCUT2D eigenvalue weighted by Crippen LogP contribution is 2.48. The lowest BCUT2D eigenvalue weighted by Crippen LogP contribution is -2.19. The highest BCUT2D eigenvalue weighted by Gasteiger charge is 2.39. The predicted octanol–water partition coefficient (Wildman–Crippen LogP) is 4.24. The molecule has 4 rings (SSSR count). The standard InChI is InChI=1S/C17H21N3S/c18-16-15(12-4-2-1-3-5-12)17(21-20-16)19-10-14-9-11-6-7-13(14)8-11/h1-5,11,13-14,19H,6-10H2,(H2,18,20). The fourth-order valence-corrected chi connectivity index (χ4v) is 4.90. The van der Waals surface area contributed by atoms with Crippen molar-refractivity contribution in [2.24, 2.45) is 17.8 Å². The van der Waals surface area contributed by atoms with E-state index in [0.717, 1.165) is 40.4 Å². The molecule has 1 heterocycles. The van der Waals surface area contributed by atoms with Crippen LogP contribution in [0.5, 0.6) is 0 Å². The Morgan fingerprint density at radius 3 is 2.76 bits per heavy atom. The van der Waals surface area contributed by atoms with E-state index in [1.807, 2.05) is 18.2 Å². The highest BCUT2D eigenvalue weighted by atomic mass is 32.1. The van der Waals surface area contributed by atoms with Crippen LogP contribution < -0.4 is 11.1 Å². The number of benzene rings is 1. The first-order valence-electron chi connectivity index (χ1n) is 7.85. The van der Waals surface area contributed by atoms with Gasteiger partial charge < -0.3 is 11.1 Å². The van der Waals surface area contributed by atoms with Gasteiger partial charge in [0.1, 0.15) is 10.8 Å². The molecule has 110 valence electrons. The molecule has 0 aliphatic heterocycles. The van der Waals surface area contributed by atoms with Crippen LogP contribution in [-0.4, -0.2) is 10.9 Å². The minimum absolute atomic E-state index is 0.640. The van der Waals surface area contributed by atoms with Crippen LogP contribution >= 0.6 is 11.5 Å². The molecule has 2 fully saturated rings. The molecule has 2 aliphatic carbocycles. The summed E-state index contributed by atoms with van der Waals surface area (Å²) >= 11 is 1.49. The Balaban J connectivity index is 1.51. The molecule has 3 N–H and O–H groups in total. The number of nitrogens with two attached hydrogens (primary N) is 1. The lowest BCUT2D eigenvalue weighted by Gasteiger charge is -2.22. The molecule has 2 bridgehead atoms. The van der Waals surface area contributed by atoms with Crippen molar-refractivity contribution in [1.82, 2.24) is 4.37 Å². The Morgan fingerprint density at radius 1 is 1.19 bits per heavy atom. The van der Waals surface area contributed by atoms with E-state index in [1.54, 1.807) is 0 Å². The van der Waals surface area contributed by atoms with Gasteiger partial charge >= 0.3 is 0 Å². The van der Waals surface area contributed by atoms with E-state index in [1.165, 1.54) is 37.2 Å². The number of aromatic nitrogens is 1. The maximum Gasteiger partial charge on any atom is 0.147 e. The van der Waals surface area contributed by atoms with Gasteiger partial charge in [-0.3, -0.25) is 0 Å². The molecule has 4 heteroatoms. The van der Waals surface area contributed by atoms with E-state index < -0.39 is 0 Å². The van der Waals surface area contributed by atoms with E-state index in [0.29, 0.717) is 5.82 Å². The molecule has 3 nitrogen and oxygen atoms in total. The molecule has 1 aromatic carbocycles. The van der Waals surface area contributed by atoms with Gasteiger partial charge in [0.05, 0.1) is 5.56 Å². The van der Waals surface area contributed by atoms with E-state index in [9.17, 15) is 0 Å². The number of fused-ring (bicyclic) bond motifs is 2. The summed E-state index contributed by atoms with van der Waals surface area (Å²) in [7, 11) is 0. The van der Waals surface area contributed by atoms with Crippen LogP contribution in [0.1, 0.15) is 25.7 Å². The smallest absolute Gasteiger partial charge is 0.147 e. The molecular weight excluding hydrogens is 278 g/mol. The van der Waals surface area contributed by atoms with Gasteiger partial charge in [0.15, 0.2) is 0 Å². The number of anilines is 2. The molecule has 21 heavy (non-hydrogen) atoms. The first kappa shape index (κ1) is 13.1. The number of nitrogens with zero attached hydrogens (tertiary/aromatic N) is 1. The molecule has 0 amide bonds. The van der Waals surface area contributed by atoms with Gasteiger partial charge in [-0.2, -0.15) is 4.37 Å². The summed E-state index contributed by atoms with van der Waals surface area (Å²) < 4.78 is 4.34. The van der Waals surface area contributed by atoms with Gasteiger partial charge in [-0.15, -0.1) is 0 Å². The monoisotopic (exact) mass is 299 g/mol. The maximum atomic E-state index is 6.08. The molecule has 3 atom stereocenters. The molecule has 1 aromatic heterocycles. The van der Waals surface area contributed by atoms with Gasteiger partial charge in [-0.25, -0.2) is 0 Å². The third-order valence-electron chi connectivity index (χ3n) is 5.19. The Morgan fingerprint density at radius 2 is 2.05 bits per heavy atom. The fourth-order valence-electron chi connectivity index (χ4n) is 4.16. The zero-order valence-corrected chi connectivity index (χ0v) is 12.9. The van der Waals surface area contributed by atoms with Crippen LogP contribution in [0.2, 0.25) is 0 Å². The van der Waals surface area contributed by atoms with Crippen molar-refractivity contribution in [1.29, 1.82) is 0 Å². The molecule has 2 aromatic rings. The van der Waals surface area contributed by atoms with Crippen LogP contribution in [0, 0.1) is 17.8 Å². The van der Waals surface area contributed by atoms with E-state index in [-0.39, 0.29) is 0 Å². The fraction of sp³-hybridized carbons (Fsp3) is 0.471. The average molecular weight is 299 g/mol. The summed E-state index contributed by atoms with van der Waals surface area (Å²) in [5.41, 5.74) is 8.30. The lowest BCUT2D eigenvalue weighted by atomic mass is 9.89. The second kappa shape index (κ2) is 5.34. The molecule has 0 saturated heterocycles. The van der Waals surface area contributed by atoms with Crippen molar-refractivity contribution in [3.05, 3.63) is 30.3 Å². The minimum Gasteiger partial charge on any atom is -0.382 e. The Bertz CT molecular complexity index is 622. The summed E-state index contributed by atoms with van der Waals surface area (Å²) in [5, 5.41) is 4.76. The number of hydrogen-bond acceptors (Lipinski definition) is 4. The lowest BCUT2D eigenvalue weighted by molar-refractivity contribution is 0.348. The average Bonchev–Trinajstić information content (AvgIpc) is 3.21. The molecular formula is C17H21N3S. The van der Waals surface area contributed by atoms with Crippen LogP contribution in [0.15, 0.2) is 30.3 Å². The first-order valence-corrected chi connectivity index (χ1v) is 8.63. The molecule has 2 aliphatic rings. The molecule has 2 saturated carbocycles. The number of rotatable bonds is 4. The van der Waals surface area contributed by atoms with Gasteiger partial charge in [-0.1, -0.05) is 36.8 Å². The van der Waals surface area contributed by atoms with Gasteiger partial charge in [0.25, 0.3) is 0 Å². The van der Waals surface area contributed by atoms with Crippen molar-refractivity contribution in [2.75, 3.05) is 17.6 Å². The molecule has 3 unspecified atom stereocenters. The van der Waals surface area contributed by atoms with Gasteiger partial charge in [-0.05, 0) is 54.1 Å². The normalized spacial score (nSPS) is 27.1. The van der Waals surface area contributed by atoms with Crippen LogP contribution in [0.25, 0.3) is 11.1 Å². The third-order valence-corrected chi connectivity index (χ3v) is 6.01. The summed E-state index contributed by atoms with van der Waals surface area (Å²) in [6, 6.07) is 10.3. The zero-order valence-electron chi connectivity index (χ0n) is 12.1. The number of nitrogen functional groups attached to an aromatic ring is 1. The van der Waals surface area contributed by atoms with Crippen molar-refractivity contribution >= 4 is 22.4 Å². The topological polar surface area (TPSA) is 50.9 Å². The number of hydrogen-bond donors (Lipinski definition) is 2. The molecule has 0 radical (unpaired) electrons. The third kappa shape index (κ3) is 2.42. The largest absolute Gasteiger partial charge is 0.382 e. The summed E-state index contributed by atoms with van der Waals surface area (Å²) in [4.78, 5) is 0. The maximum absolute atomic E-state index is 6.08. The summed E-state index contributed by atoms with van der Waals surface area (Å²) in [6.45, 7) is 1.07. The van der Waals surface area contributed by atoms with Crippen molar-refractivity contribution in [3.63, 3.8) is 0 Å². The Labute approximate surface area is 129 Å². The first-order chi connectivity index (χ1) is 10.3. The van der Waals surface area contributed by atoms with Crippen LogP contribution in [0.3, 0.4) is 0 Å². The van der Waals surface area contributed by atoms with E-state index in [4.69, 9.17) is 5.73 Å². The van der Waals surface area contributed by atoms with E-state index >= 15 is 0 Å². The summed E-state index contributed by atoms with van der Waals surface area (Å²) in [6.07, 6.45) is 5.77. The van der Waals surface area contributed by atoms with Crippen molar-refractivity contribution in [2.45, 2.75) is 25.7 Å². The second-order valence-electron chi connectivity index (χ2n) is 6.45. The second-order valence-corrected chi connectivity index (χ2v) is 7.23. The summed E-state index contributed by atoms with van der Waals surface area (Å²) in [5.74, 6) is 3.44. The quantitative estimate of drug-likeness (QED) is 0.887. The van der Waals surface area contributed by atoms with Crippen molar-refractivity contribution < 1.29 is 0 Å². The van der Waals surface area contributed by atoms with Crippen LogP contribution in [0.4, 0.5) is 10.8 Å². The number of nitrogens with one attached hydrogen (secondary N) is 1. The zero-order chi connectivity index (χ0) is 14.2. The van der Waals surface area contributed by atoms with E-state index in [2.05, 4.69) is 21.8 Å². The van der Waals surface area contributed by atoms with Gasteiger partial charge in [0.2, 0.25) is 0 Å². The van der Waals surface area contributed by atoms with Gasteiger partial charge in [0, 0.05) is 6.54 Å². The van der Waals surface area contributed by atoms with Crippen molar-refractivity contribution in [3.8, 4) is 11.1 Å². The SMILES string of the molecule is Nc1nsc(NCC2CC3CCC2C3)c1-c1ccccc1. The van der Waals surface area contributed by atoms with Crippen LogP contribution in [-0.2, 0) is 0 Å². The predicted molar refractivity (Wildman–Crippen MR) is 89.4 cm³/mol. The molecule has 0 spiro atoms.